The van der Waals surface area contributed by atoms with Crippen LogP contribution < -0.4 is 5.73 Å². The van der Waals surface area contributed by atoms with Crippen LogP contribution >= 0.6 is 15.9 Å². The predicted molar refractivity (Wildman–Crippen MR) is 93.5 cm³/mol. The highest BCUT2D eigenvalue weighted by Gasteiger charge is 2.25. The lowest BCUT2D eigenvalue weighted by Crippen LogP contribution is -2.42. The molecular weight excluding hydrogens is 326 g/mol. The molecule has 1 fully saturated rings. The molecule has 0 amide bonds. The molecule has 2 unspecified atom stereocenters. The number of rotatable bonds is 7. The van der Waals surface area contributed by atoms with Crippen LogP contribution in [0.5, 0.6) is 0 Å². The van der Waals surface area contributed by atoms with Crippen LogP contribution in [0.4, 0.5) is 0 Å². The third-order valence-corrected chi connectivity index (χ3v) is 5.27. The van der Waals surface area contributed by atoms with Gasteiger partial charge in [-0.25, -0.2) is 0 Å². The summed E-state index contributed by atoms with van der Waals surface area (Å²) in [5.41, 5.74) is 7.73. The number of hydrogen-bond donors (Lipinski definition) is 1. The molecule has 1 aliphatic rings. The van der Waals surface area contributed by atoms with E-state index in [9.17, 15) is 0 Å². The van der Waals surface area contributed by atoms with Crippen molar-refractivity contribution < 1.29 is 0 Å². The summed E-state index contributed by atoms with van der Waals surface area (Å²) in [6, 6.07) is 8.90. The van der Waals surface area contributed by atoms with Gasteiger partial charge in [0.15, 0.2) is 0 Å². The minimum Gasteiger partial charge on any atom is -0.326 e. The van der Waals surface area contributed by atoms with E-state index < -0.39 is 0 Å². The summed E-state index contributed by atoms with van der Waals surface area (Å²) in [4.78, 5) is 4.98. The second-order valence-electron chi connectivity index (χ2n) is 6.07. The fraction of sp³-hybridized carbons (Fsp3) is 0.647. The lowest BCUT2D eigenvalue weighted by atomic mass is 9.96. The molecule has 118 valence electrons. The molecular formula is C17H28BrN3. The maximum absolute atomic E-state index is 6.43. The minimum absolute atomic E-state index is 0.160. The van der Waals surface area contributed by atoms with E-state index in [1.807, 2.05) is 0 Å². The van der Waals surface area contributed by atoms with Gasteiger partial charge in [-0.05, 0) is 51.0 Å². The van der Waals surface area contributed by atoms with Crippen LogP contribution in [0.2, 0.25) is 0 Å². The Hall–Kier alpha value is -0.420. The minimum atomic E-state index is 0.160. The zero-order chi connectivity index (χ0) is 15.2. The van der Waals surface area contributed by atoms with Crippen molar-refractivity contribution in [1.82, 2.24) is 9.80 Å². The highest BCUT2D eigenvalue weighted by Crippen LogP contribution is 2.30. The Kier molecular flexibility index (Phi) is 6.68. The molecule has 0 spiro atoms. The van der Waals surface area contributed by atoms with Crippen molar-refractivity contribution in [2.24, 2.45) is 5.73 Å². The standard InChI is InChI=1S/C17H28BrN3/c1-3-16(19)17(14-8-4-5-9-15(14)18)20(2)12-13-21-10-6-7-11-21/h4-5,8-9,16-17H,3,6-7,10-13,19H2,1-2H3. The molecule has 4 heteroatoms. The molecule has 0 bridgehead atoms. The molecule has 1 aromatic rings. The molecule has 21 heavy (non-hydrogen) atoms. The van der Waals surface area contributed by atoms with E-state index in [-0.39, 0.29) is 12.1 Å². The number of likely N-dealkylation sites (tertiary alicyclic amines) is 1. The number of benzene rings is 1. The molecule has 0 aromatic heterocycles. The van der Waals surface area contributed by atoms with Gasteiger partial charge in [0, 0.05) is 23.6 Å². The van der Waals surface area contributed by atoms with E-state index in [4.69, 9.17) is 5.73 Å². The van der Waals surface area contributed by atoms with Crippen LogP contribution in [0, 0.1) is 0 Å². The number of likely N-dealkylation sites (N-methyl/N-ethyl adjacent to an activating group) is 1. The Labute approximate surface area is 137 Å². The molecule has 2 rings (SSSR count). The summed E-state index contributed by atoms with van der Waals surface area (Å²) >= 11 is 3.69. The Morgan fingerprint density at radius 2 is 1.95 bits per heavy atom. The number of halogens is 1. The summed E-state index contributed by atoms with van der Waals surface area (Å²) in [7, 11) is 2.20. The van der Waals surface area contributed by atoms with Crippen molar-refractivity contribution in [2.45, 2.75) is 38.3 Å². The second kappa shape index (κ2) is 8.28. The average molecular weight is 354 g/mol. The van der Waals surface area contributed by atoms with Crippen LogP contribution in [0.15, 0.2) is 28.7 Å². The van der Waals surface area contributed by atoms with Crippen molar-refractivity contribution >= 4 is 15.9 Å². The highest BCUT2D eigenvalue weighted by molar-refractivity contribution is 9.10. The first-order chi connectivity index (χ1) is 10.1. The Morgan fingerprint density at radius 3 is 2.57 bits per heavy atom. The van der Waals surface area contributed by atoms with Gasteiger partial charge in [0.1, 0.15) is 0 Å². The summed E-state index contributed by atoms with van der Waals surface area (Å²) in [6.07, 6.45) is 3.69. The maximum atomic E-state index is 6.43. The van der Waals surface area contributed by atoms with Gasteiger partial charge >= 0.3 is 0 Å². The molecule has 1 aliphatic heterocycles. The van der Waals surface area contributed by atoms with Crippen LogP contribution in [0.1, 0.15) is 37.8 Å². The average Bonchev–Trinajstić information content (AvgIpc) is 3.00. The van der Waals surface area contributed by atoms with Crippen LogP contribution in [-0.2, 0) is 0 Å². The van der Waals surface area contributed by atoms with Gasteiger partial charge in [0.05, 0.1) is 6.04 Å². The Balaban J connectivity index is 2.06. The van der Waals surface area contributed by atoms with Crippen molar-refractivity contribution in [2.75, 3.05) is 33.2 Å². The van der Waals surface area contributed by atoms with E-state index in [1.54, 1.807) is 0 Å². The molecule has 2 atom stereocenters. The molecule has 1 heterocycles. The van der Waals surface area contributed by atoms with Crippen LogP contribution in [0.25, 0.3) is 0 Å². The van der Waals surface area contributed by atoms with Gasteiger partial charge < -0.3 is 10.6 Å². The Morgan fingerprint density at radius 1 is 1.29 bits per heavy atom. The van der Waals surface area contributed by atoms with Gasteiger partial charge in [0.2, 0.25) is 0 Å². The lowest BCUT2D eigenvalue weighted by molar-refractivity contribution is 0.181. The first-order valence-electron chi connectivity index (χ1n) is 8.06. The highest BCUT2D eigenvalue weighted by atomic mass is 79.9. The Bertz CT molecular complexity index is 432. The smallest absolute Gasteiger partial charge is 0.0507 e. The molecule has 0 radical (unpaired) electrons. The zero-order valence-electron chi connectivity index (χ0n) is 13.3. The monoisotopic (exact) mass is 353 g/mol. The molecule has 0 saturated carbocycles. The third-order valence-electron chi connectivity index (χ3n) is 4.54. The van der Waals surface area contributed by atoms with Crippen molar-refractivity contribution in [3.63, 3.8) is 0 Å². The predicted octanol–water partition coefficient (Wildman–Crippen LogP) is 3.26. The van der Waals surface area contributed by atoms with E-state index in [0.717, 1.165) is 24.0 Å². The van der Waals surface area contributed by atoms with Crippen molar-refractivity contribution in [3.8, 4) is 0 Å². The van der Waals surface area contributed by atoms with Gasteiger partial charge in [-0.15, -0.1) is 0 Å². The summed E-state index contributed by atoms with van der Waals surface area (Å²) in [5.74, 6) is 0. The lowest BCUT2D eigenvalue weighted by Gasteiger charge is -2.34. The van der Waals surface area contributed by atoms with Gasteiger partial charge in [0.25, 0.3) is 0 Å². The normalized spacial score (nSPS) is 19.1. The SMILES string of the molecule is CCC(N)C(c1ccccc1Br)N(C)CCN1CCCC1. The van der Waals surface area contributed by atoms with E-state index >= 15 is 0 Å². The van der Waals surface area contributed by atoms with Gasteiger partial charge in [-0.2, -0.15) is 0 Å². The molecule has 1 saturated heterocycles. The van der Waals surface area contributed by atoms with Gasteiger partial charge in [-0.1, -0.05) is 41.1 Å². The van der Waals surface area contributed by atoms with E-state index in [0.29, 0.717) is 0 Å². The fourth-order valence-electron chi connectivity index (χ4n) is 3.18. The summed E-state index contributed by atoms with van der Waals surface area (Å²) < 4.78 is 1.16. The van der Waals surface area contributed by atoms with Crippen LogP contribution in [0.3, 0.4) is 0 Å². The van der Waals surface area contributed by atoms with Gasteiger partial charge in [-0.3, -0.25) is 4.90 Å². The number of nitrogens with two attached hydrogens (primary N) is 1. The fourth-order valence-corrected chi connectivity index (χ4v) is 3.70. The van der Waals surface area contributed by atoms with E-state index in [2.05, 4.69) is 64.0 Å². The molecule has 1 aromatic carbocycles. The molecule has 2 N–H and O–H groups in total. The topological polar surface area (TPSA) is 32.5 Å². The number of nitrogens with zero attached hydrogens (tertiary/aromatic N) is 2. The summed E-state index contributed by atoms with van der Waals surface area (Å²) in [5, 5.41) is 0. The zero-order valence-corrected chi connectivity index (χ0v) is 14.8. The largest absolute Gasteiger partial charge is 0.326 e. The first-order valence-corrected chi connectivity index (χ1v) is 8.85. The molecule has 3 nitrogen and oxygen atoms in total. The third kappa shape index (κ3) is 4.52. The maximum Gasteiger partial charge on any atom is 0.0507 e. The van der Waals surface area contributed by atoms with Crippen molar-refractivity contribution in [3.05, 3.63) is 34.3 Å². The van der Waals surface area contributed by atoms with E-state index in [1.165, 1.54) is 31.5 Å². The van der Waals surface area contributed by atoms with Crippen molar-refractivity contribution in [1.29, 1.82) is 0 Å². The first kappa shape index (κ1) is 16.9. The second-order valence-corrected chi connectivity index (χ2v) is 6.92. The summed E-state index contributed by atoms with van der Waals surface area (Å²) in [6.45, 7) is 6.90. The molecule has 0 aliphatic carbocycles. The number of hydrogen-bond acceptors (Lipinski definition) is 3. The quantitative estimate of drug-likeness (QED) is 0.816. The van der Waals surface area contributed by atoms with Crippen LogP contribution in [-0.4, -0.2) is 49.1 Å².